The smallest absolute Gasteiger partial charge is 0.308 e. The summed E-state index contributed by atoms with van der Waals surface area (Å²) in [6.45, 7) is 1.35. The van der Waals surface area contributed by atoms with Gasteiger partial charge in [0, 0.05) is 37.8 Å². The van der Waals surface area contributed by atoms with Crippen molar-refractivity contribution in [3.63, 3.8) is 0 Å². The molecule has 1 aromatic carbocycles. The summed E-state index contributed by atoms with van der Waals surface area (Å²) < 4.78 is 5.65. The van der Waals surface area contributed by atoms with Gasteiger partial charge >= 0.3 is 5.97 Å². The molecule has 0 aromatic heterocycles. The number of benzene rings is 1. The number of rotatable bonds is 6. The number of ether oxygens (including phenoxy) is 1. The number of carbonyl (C=O) groups excluding carboxylic acids is 2. The summed E-state index contributed by atoms with van der Waals surface area (Å²) in [7, 11) is 0. The Labute approximate surface area is 157 Å². The summed E-state index contributed by atoms with van der Waals surface area (Å²) >= 11 is 0. The molecule has 27 heavy (non-hydrogen) atoms. The fourth-order valence-electron chi connectivity index (χ4n) is 4.19. The molecule has 3 fully saturated rings. The molecule has 7 heteroatoms. The minimum Gasteiger partial charge on any atom is -0.484 e. The highest BCUT2D eigenvalue weighted by molar-refractivity contribution is 5.95. The fraction of sp³-hybridized carbons (Fsp3) is 0.550. The summed E-state index contributed by atoms with van der Waals surface area (Å²) in [6, 6.07) is 7.19. The third kappa shape index (κ3) is 3.77. The lowest BCUT2D eigenvalue weighted by Crippen LogP contribution is -2.34. The van der Waals surface area contributed by atoms with Crippen LogP contribution in [-0.2, 0) is 14.4 Å². The van der Waals surface area contributed by atoms with Crippen molar-refractivity contribution in [3.8, 4) is 5.75 Å². The molecule has 1 N–H and O–H groups in total. The molecule has 2 atom stereocenters. The summed E-state index contributed by atoms with van der Waals surface area (Å²) in [5.74, 6) is -0.320. The Hall–Kier alpha value is -2.57. The van der Waals surface area contributed by atoms with Gasteiger partial charge in [-0.2, -0.15) is 0 Å². The number of anilines is 1. The molecule has 0 spiro atoms. The number of hydrogen-bond acceptors (Lipinski definition) is 4. The number of hydrogen-bond donors (Lipinski definition) is 1. The topological polar surface area (TPSA) is 87.2 Å². The second-order valence-corrected chi connectivity index (χ2v) is 7.68. The molecule has 3 aliphatic rings. The zero-order valence-electron chi connectivity index (χ0n) is 15.2. The van der Waals surface area contributed by atoms with Crippen molar-refractivity contribution in [2.24, 2.45) is 17.8 Å². The lowest BCUT2D eigenvalue weighted by atomic mass is 9.92. The van der Waals surface area contributed by atoms with Crippen molar-refractivity contribution >= 4 is 23.5 Å². The van der Waals surface area contributed by atoms with E-state index in [1.807, 2.05) is 6.07 Å². The number of aliphatic carboxylic acids is 1. The van der Waals surface area contributed by atoms with Gasteiger partial charge in [-0.15, -0.1) is 0 Å². The Morgan fingerprint density at radius 2 is 2.04 bits per heavy atom. The van der Waals surface area contributed by atoms with E-state index in [1.165, 1.54) is 0 Å². The van der Waals surface area contributed by atoms with Gasteiger partial charge in [-0.25, -0.2) is 0 Å². The van der Waals surface area contributed by atoms with Crippen LogP contribution in [0.3, 0.4) is 0 Å². The highest BCUT2D eigenvalue weighted by atomic mass is 16.5. The maximum absolute atomic E-state index is 12.5. The van der Waals surface area contributed by atoms with Gasteiger partial charge in [0.25, 0.3) is 5.91 Å². The van der Waals surface area contributed by atoms with E-state index >= 15 is 0 Å². The standard InChI is InChI=1S/C20H24N2O5/c23-18-5-2-8-22(18)14-3-1-4-15(9-14)27-12-19(24)21-10-16(13-6-7-13)17(11-21)20(25)26/h1,3-4,9,13,16-17H,2,5-8,10-12H2,(H,25,26)/t16-,17+/m1/s1. The molecule has 1 aliphatic carbocycles. The highest BCUT2D eigenvalue weighted by Crippen LogP contribution is 2.44. The summed E-state index contributed by atoms with van der Waals surface area (Å²) in [6.07, 6.45) is 3.54. The van der Waals surface area contributed by atoms with Crippen LogP contribution in [0, 0.1) is 17.8 Å². The average Bonchev–Trinajstić information content (AvgIpc) is 3.25. The van der Waals surface area contributed by atoms with E-state index in [9.17, 15) is 19.5 Å². The molecular weight excluding hydrogens is 348 g/mol. The van der Waals surface area contributed by atoms with E-state index in [2.05, 4.69) is 0 Å². The first-order valence-electron chi connectivity index (χ1n) is 9.57. The van der Waals surface area contributed by atoms with Crippen LogP contribution in [0.5, 0.6) is 5.75 Å². The number of amides is 2. The number of likely N-dealkylation sites (tertiary alicyclic amines) is 1. The predicted octanol–water partition coefficient (Wildman–Crippen LogP) is 1.76. The first kappa shape index (κ1) is 17.8. The van der Waals surface area contributed by atoms with Crippen LogP contribution < -0.4 is 9.64 Å². The van der Waals surface area contributed by atoms with Crippen molar-refractivity contribution in [1.29, 1.82) is 0 Å². The van der Waals surface area contributed by atoms with E-state index in [-0.39, 0.29) is 30.9 Å². The first-order chi connectivity index (χ1) is 13.0. The molecule has 4 rings (SSSR count). The zero-order valence-corrected chi connectivity index (χ0v) is 15.2. The molecule has 0 unspecified atom stereocenters. The van der Waals surface area contributed by atoms with Gasteiger partial charge < -0.3 is 19.6 Å². The minimum atomic E-state index is -0.814. The van der Waals surface area contributed by atoms with Crippen LogP contribution in [0.2, 0.25) is 0 Å². The second kappa shape index (κ2) is 7.21. The normalized spacial score (nSPS) is 25.1. The molecule has 1 aromatic rings. The lowest BCUT2D eigenvalue weighted by molar-refractivity contribution is -0.143. The van der Waals surface area contributed by atoms with Gasteiger partial charge in [-0.05, 0) is 43.2 Å². The Balaban J connectivity index is 1.35. The van der Waals surface area contributed by atoms with Crippen molar-refractivity contribution in [2.45, 2.75) is 25.7 Å². The quantitative estimate of drug-likeness (QED) is 0.822. The zero-order chi connectivity index (χ0) is 19.0. The molecule has 2 saturated heterocycles. The van der Waals surface area contributed by atoms with Crippen LogP contribution in [0.25, 0.3) is 0 Å². The van der Waals surface area contributed by atoms with Crippen molar-refractivity contribution in [1.82, 2.24) is 4.90 Å². The summed E-state index contributed by atoms with van der Waals surface area (Å²) in [4.78, 5) is 39.2. The molecule has 0 radical (unpaired) electrons. The van der Waals surface area contributed by atoms with Gasteiger partial charge in [0.1, 0.15) is 5.75 Å². The van der Waals surface area contributed by atoms with E-state index in [1.54, 1.807) is 28.0 Å². The van der Waals surface area contributed by atoms with Gasteiger partial charge in [-0.3, -0.25) is 14.4 Å². The van der Waals surface area contributed by atoms with Crippen molar-refractivity contribution in [3.05, 3.63) is 24.3 Å². The molecule has 2 amide bonds. The minimum absolute atomic E-state index is 0.0657. The third-order valence-electron chi connectivity index (χ3n) is 5.83. The van der Waals surface area contributed by atoms with Gasteiger partial charge in [-0.1, -0.05) is 6.07 Å². The number of carboxylic acids is 1. The van der Waals surface area contributed by atoms with Crippen molar-refractivity contribution in [2.75, 3.05) is 31.1 Å². The average molecular weight is 372 g/mol. The summed E-state index contributed by atoms with van der Waals surface area (Å²) in [5, 5.41) is 9.42. The Kier molecular flexibility index (Phi) is 4.76. The third-order valence-corrected chi connectivity index (χ3v) is 5.83. The molecule has 144 valence electrons. The van der Waals surface area contributed by atoms with Crippen LogP contribution in [0.15, 0.2) is 24.3 Å². The van der Waals surface area contributed by atoms with E-state index in [0.717, 1.165) is 24.9 Å². The molecule has 1 saturated carbocycles. The Morgan fingerprint density at radius 1 is 1.22 bits per heavy atom. The number of carbonyl (C=O) groups is 3. The van der Waals surface area contributed by atoms with E-state index in [4.69, 9.17) is 4.74 Å². The predicted molar refractivity (Wildman–Crippen MR) is 97.4 cm³/mol. The molecule has 2 heterocycles. The maximum Gasteiger partial charge on any atom is 0.308 e. The number of carboxylic acid groups (broad SMARTS) is 1. The van der Waals surface area contributed by atoms with Crippen LogP contribution in [-0.4, -0.2) is 54.0 Å². The van der Waals surface area contributed by atoms with Gasteiger partial charge in [0.15, 0.2) is 6.61 Å². The first-order valence-corrected chi connectivity index (χ1v) is 9.57. The van der Waals surface area contributed by atoms with E-state index in [0.29, 0.717) is 31.2 Å². The van der Waals surface area contributed by atoms with Gasteiger partial charge in [0.05, 0.1) is 5.92 Å². The van der Waals surface area contributed by atoms with Crippen LogP contribution in [0.4, 0.5) is 5.69 Å². The SMILES string of the molecule is O=C(O)[C@H]1CN(C(=O)COc2cccc(N3CCCC3=O)c2)C[C@@H]1C1CC1. The largest absolute Gasteiger partial charge is 0.484 e. The monoisotopic (exact) mass is 372 g/mol. The van der Waals surface area contributed by atoms with Gasteiger partial charge in [0.2, 0.25) is 5.91 Å². The molecule has 0 bridgehead atoms. The second-order valence-electron chi connectivity index (χ2n) is 7.68. The van der Waals surface area contributed by atoms with Crippen molar-refractivity contribution < 1.29 is 24.2 Å². The number of nitrogens with zero attached hydrogens (tertiary/aromatic N) is 2. The molecule has 7 nitrogen and oxygen atoms in total. The highest BCUT2D eigenvalue weighted by Gasteiger charge is 2.46. The van der Waals surface area contributed by atoms with E-state index < -0.39 is 11.9 Å². The summed E-state index contributed by atoms with van der Waals surface area (Å²) in [5.41, 5.74) is 0.781. The molecule has 2 aliphatic heterocycles. The van der Waals surface area contributed by atoms with Crippen LogP contribution >= 0.6 is 0 Å². The fourth-order valence-corrected chi connectivity index (χ4v) is 4.19. The Bertz CT molecular complexity index is 760. The maximum atomic E-state index is 12.5. The Morgan fingerprint density at radius 3 is 2.70 bits per heavy atom. The molecular formula is C20H24N2O5. The van der Waals surface area contributed by atoms with Crippen LogP contribution in [0.1, 0.15) is 25.7 Å². The lowest BCUT2D eigenvalue weighted by Gasteiger charge is -2.18.